The van der Waals surface area contributed by atoms with Gasteiger partial charge in [0.05, 0.1) is 29.1 Å². The summed E-state index contributed by atoms with van der Waals surface area (Å²) in [5.41, 5.74) is 2.67. The van der Waals surface area contributed by atoms with Crippen molar-refractivity contribution >= 4 is 39.1 Å². The molecule has 1 atom stereocenters. The Hall–Kier alpha value is -3.44. The topological polar surface area (TPSA) is 116 Å². The molecule has 0 spiro atoms. The maximum atomic E-state index is 13.7. The second kappa shape index (κ2) is 10.0. The third-order valence-electron chi connectivity index (χ3n) is 5.74. The third-order valence-corrected chi connectivity index (χ3v) is 7.94. The van der Waals surface area contributed by atoms with Gasteiger partial charge in [-0.15, -0.1) is 0 Å². The van der Waals surface area contributed by atoms with Gasteiger partial charge in [0.25, 0.3) is 11.8 Å². The van der Waals surface area contributed by atoms with Crippen molar-refractivity contribution in [1.82, 2.24) is 9.79 Å². The van der Waals surface area contributed by atoms with Crippen LogP contribution in [0, 0.1) is 0 Å². The molecule has 3 aromatic carbocycles. The molecule has 0 fully saturated rings. The standard InChI is InChI=1S/C24H22ClN3O6S/c1-34-17-10-12-18(13-11-17)35(32,33)28-14-16-6-2-5-9-21(16)27(15-22(28)23(29)26-31)24(30)19-7-3-4-8-20(19)25/h2-13,22,31H,14-15H2,1H3,(H,26,29). The Morgan fingerprint density at radius 2 is 1.69 bits per heavy atom. The van der Waals surface area contributed by atoms with Crippen molar-refractivity contribution in [2.75, 3.05) is 18.6 Å². The summed E-state index contributed by atoms with van der Waals surface area (Å²) in [5, 5.41) is 9.66. The molecule has 9 nitrogen and oxygen atoms in total. The number of benzene rings is 3. The fourth-order valence-electron chi connectivity index (χ4n) is 3.94. The Bertz CT molecular complexity index is 1360. The molecule has 0 aromatic heterocycles. The van der Waals surface area contributed by atoms with Crippen LogP contribution in [0.1, 0.15) is 15.9 Å². The number of methoxy groups -OCH3 is 1. The molecular formula is C24H22ClN3O6S. The van der Waals surface area contributed by atoms with E-state index in [1.54, 1.807) is 54.0 Å². The van der Waals surface area contributed by atoms with Gasteiger partial charge in [0, 0.05) is 12.2 Å². The van der Waals surface area contributed by atoms with Crippen molar-refractivity contribution in [3.05, 3.63) is 88.9 Å². The lowest BCUT2D eigenvalue weighted by Gasteiger charge is -2.29. The molecule has 0 aliphatic carbocycles. The van der Waals surface area contributed by atoms with Gasteiger partial charge < -0.3 is 9.64 Å². The second-order valence-electron chi connectivity index (χ2n) is 7.74. The van der Waals surface area contributed by atoms with Crippen molar-refractivity contribution in [1.29, 1.82) is 0 Å². The predicted octanol–water partition coefficient (Wildman–Crippen LogP) is 3.07. The molecule has 3 aromatic rings. The second-order valence-corrected chi connectivity index (χ2v) is 10.0. The van der Waals surface area contributed by atoms with E-state index in [0.717, 1.165) is 4.31 Å². The van der Waals surface area contributed by atoms with E-state index in [2.05, 4.69) is 0 Å². The first-order valence-corrected chi connectivity index (χ1v) is 12.3. The molecule has 0 saturated carbocycles. The average Bonchev–Trinajstić information content (AvgIpc) is 3.06. The lowest BCUT2D eigenvalue weighted by atomic mass is 10.1. The number of anilines is 1. The van der Waals surface area contributed by atoms with Crippen LogP contribution in [0.4, 0.5) is 5.69 Å². The number of ether oxygens (including phenoxy) is 1. The Morgan fingerprint density at radius 1 is 1.03 bits per heavy atom. The van der Waals surface area contributed by atoms with E-state index in [4.69, 9.17) is 16.3 Å². The molecule has 1 heterocycles. The van der Waals surface area contributed by atoms with Crippen LogP contribution < -0.4 is 15.1 Å². The van der Waals surface area contributed by atoms with Crippen LogP contribution >= 0.6 is 11.6 Å². The van der Waals surface area contributed by atoms with Crippen LogP contribution in [-0.4, -0.2) is 49.4 Å². The number of carbonyl (C=O) groups is 2. The predicted molar refractivity (Wildman–Crippen MR) is 129 cm³/mol. The molecule has 11 heteroatoms. The summed E-state index contributed by atoms with van der Waals surface area (Å²) in [5.74, 6) is -1.03. The number of nitrogens with one attached hydrogen (secondary N) is 1. The number of hydrogen-bond acceptors (Lipinski definition) is 6. The molecule has 1 unspecified atom stereocenters. The minimum Gasteiger partial charge on any atom is -0.497 e. The molecule has 2 amide bonds. The molecule has 2 N–H and O–H groups in total. The van der Waals surface area contributed by atoms with Crippen molar-refractivity contribution in [3.8, 4) is 5.75 Å². The third kappa shape index (κ3) is 4.73. The maximum Gasteiger partial charge on any atom is 0.263 e. The van der Waals surface area contributed by atoms with Gasteiger partial charge in [0.1, 0.15) is 11.8 Å². The number of fused-ring (bicyclic) bond motifs is 1. The maximum absolute atomic E-state index is 13.7. The van der Waals surface area contributed by atoms with Gasteiger partial charge in [-0.1, -0.05) is 41.9 Å². The molecular weight excluding hydrogens is 494 g/mol. The minimum atomic E-state index is -4.24. The van der Waals surface area contributed by atoms with E-state index >= 15 is 0 Å². The highest BCUT2D eigenvalue weighted by Crippen LogP contribution is 2.33. The van der Waals surface area contributed by atoms with Crippen molar-refractivity contribution in [3.63, 3.8) is 0 Å². The first-order chi connectivity index (χ1) is 16.8. The number of hydrogen-bond donors (Lipinski definition) is 2. The Labute approximate surface area is 207 Å². The van der Waals surface area contributed by atoms with Gasteiger partial charge in [0.15, 0.2) is 0 Å². The first kappa shape index (κ1) is 24.7. The highest BCUT2D eigenvalue weighted by molar-refractivity contribution is 7.89. The van der Waals surface area contributed by atoms with E-state index in [0.29, 0.717) is 17.0 Å². The van der Waals surface area contributed by atoms with E-state index in [1.807, 2.05) is 0 Å². The zero-order valence-corrected chi connectivity index (χ0v) is 20.2. The largest absolute Gasteiger partial charge is 0.497 e. The lowest BCUT2D eigenvalue weighted by Crippen LogP contribution is -2.53. The zero-order valence-electron chi connectivity index (χ0n) is 18.6. The van der Waals surface area contributed by atoms with Crippen molar-refractivity contribution in [2.45, 2.75) is 17.5 Å². The number of nitrogens with zero attached hydrogens (tertiary/aromatic N) is 2. The van der Waals surface area contributed by atoms with E-state index in [1.165, 1.54) is 36.3 Å². The highest BCUT2D eigenvalue weighted by atomic mass is 35.5. The van der Waals surface area contributed by atoms with Crippen LogP contribution in [0.15, 0.2) is 77.7 Å². The summed E-state index contributed by atoms with van der Waals surface area (Å²) in [6.45, 7) is -0.572. The molecule has 35 heavy (non-hydrogen) atoms. The van der Waals surface area contributed by atoms with Gasteiger partial charge in [-0.2, -0.15) is 4.31 Å². The average molecular weight is 516 g/mol. The number of halogens is 1. The number of hydroxylamine groups is 1. The number of carbonyl (C=O) groups excluding carboxylic acids is 2. The smallest absolute Gasteiger partial charge is 0.263 e. The number of para-hydroxylation sites is 1. The molecule has 1 aliphatic heterocycles. The van der Waals surface area contributed by atoms with Gasteiger partial charge in [-0.05, 0) is 48.0 Å². The highest BCUT2D eigenvalue weighted by Gasteiger charge is 2.41. The first-order valence-electron chi connectivity index (χ1n) is 10.5. The fourth-order valence-corrected chi connectivity index (χ4v) is 5.72. The molecule has 1 aliphatic rings. The number of sulfonamides is 1. The summed E-state index contributed by atoms with van der Waals surface area (Å²) in [6, 6.07) is 17.5. The van der Waals surface area contributed by atoms with Crippen LogP contribution in [-0.2, 0) is 21.4 Å². The van der Waals surface area contributed by atoms with Crippen LogP contribution in [0.25, 0.3) is 0 Å². The Balaban J connectivity index is 1.84. The zero-order chi connectivity index (χ0) is 25.2. The monoisotopic (exact) mass is 515 g/mol. The van der Waals surface area contributed by atoms with Crippen LogP contribution in [0.3, 0.4) is 0 Å². The van der Waals surface area contributed by atoms with Gasteiger partial charge in [-0.25, -0.2) is 13.9 Å². The molecule has 182 valence electrons. The summed E-state index contributed by atoms with van der Waals surface area (Å²) in [7, 11) is -2.78. The quantitative estimate of drug-likeness (QED) is 0.398. The summed E-state index contributed by atoms with van der Waals surface area (Å²) in [6.07, 6.45) is 0. The van der Waals surface area contributed by atoms with Gasteiger partial charge in [-0.3, -0.25) is 14.8 Å². The fraction of sp³-hybridized carbons (Fsp3) is 0.167. The Kier molecular flexibility index (Phi) is 7.08. The lowest BCUT2D eigenvalue weighted by molar-refractivity contribution is -0.133. The Morgan fingerprint density at radius 3 is 2.34 bits per heavy atom. The van der Waals surface area contributed by atoms with Crippen molar-refractivity contribution in [2.24, 2.45) is 0 Å². The van der Waals surface area contributed by atoms with Gasteiger partial charge >= 0.3 is 0 Å². The van der Waals surface area contributed by atoms with E-state index in [9.17, 15) is 23.2 Å². The normalized spacial score (nSPS) is 16.2. The summed E-state index contributed by atoms with van der Waals surface area (Å²) in [4.78, 5) is 27.6. The van der Waals surface area contributed by atoms with Crippen molar-refractivity contribution < 1.29 is 28.0 Å². The minimum absolute atomic E-state index is 0.0719. The van der Waals surface area contributed by atoms with E-state index in [-0.39, 0.29) is 28.6 Å². The summed E-state index contributed by atoms with van der Waals surface area (Å²) >= 11 is 6.26. The SMILES string of the molecule is COc1ccc(S(=O)(=O)N2Cc3ccccc3N(C(=O)c3ccccc3Cl)CC2C(=O)NO)cc1. The van der Waals surface area contributed by atoms with E-state index < -0.39 is 27.9 Å². The molecule has 4 rings (SSSR count). The number of amides is 2. The van der Waals surface area contributed by atoms with Gasteiger partial charge in [0.2, 0.25) is 10.0 Å². The van der Waals surface area contributed by atoms with Crippen LogP contribution in [0.5, 0.6) is 5.75 Å². The summed E-state index contributed by atoms with van der Waals surface area (Å²) < 4.78 is 33.4. The van der Waals surface area contributed by atoms with Crippen LogP contribution in [0.2, 0.25) is 5.02 Å². The number of rotatable bonds is 5. The molecule has 0 saturated heterocycles. The molecule has 0 radical (unpaired) electrons. The molecule has 0 bridgehead atoms.